The standard InChI is InChI=1S/C21H22ClN3O2/c1-3-15-7-9-17(10-8-15)21-23-19(27-24-21)11-12-20(26)25(2)14-16-5-4-6-18(22)13-16/h4-10,13H,3,11-12,14H2,1-2H3. The topological polar surface area (TPSA) is 59.2 Å². The van der Waals surface area contributed by atoms with Crippen LogP contribution in [0.2, 0.25) is 5.02 Å². The Hall–Kier alpha value is -2.66. The zero-order chi connectivity index (χ0) is 19.2. The highest BCUT2D eigenvalue weighted by molar-refractivity contribution is 6.30. The maximum Gasteiger partial charge on any atom is 0.227 e. The van der Waals surface area contributed by atoms with Crippen molar-refractivity contribution in [1.29, 1.82) is 0 Å². The molecule has 1 heterocycles. The first-order chi connectivity index (χ1) is 13.0. The zero-order valence-electron chi connectivity index (χ0n) is 15.5. The lowest BCUT2D eigenvalue weighted by atomic mass is 10.1. The molecule has 0 radical (unpaired) electrons. The number of halogens is 1. The van der Waals surface area contributed by atoms with Crippen molar-refractivity contribution in [3.05, 3.63) is 70.6 Å². The molecule has 3 aromatic rings. The Bertz CT molecular complexity index is 906. The van der Waals surface area contributed by atoms with Crippen molar-refractivity contribution in [3.8, 4) is 11.4 Å². The van der Waals surface area contributed by atoms with Gasteiger partial charge in [0.2, 0.25) is 17.6 Å². The fraction of sp³-hybridized carbons (Fsp3) is 0.286. The van der Waals surface area contributed by atoms with E-state index >= 15 is 0 Å². The van der Waals surface area contributed by atoms with Crippen LogP contribution in [0.5, 0.6) is 0 Å². The number of carbonyl (C=O) groups excluding carboxylic acids is 1. The third-order valence-corrected chi connectivity index (χ3v) is 4.61. The minimum Gasteiger partial charge on any atom is -0.341 e. The molecule has 2 aromatic carbocycles. The van der Waals surface area contributed by atoms with Crippen LogP contribution >= 0.6 is 11.6 Å². The number of hydrogen-bond donors (Lipinski definition) is 0. The fourth-order valence-corrected chi connectivity index (χ4v) is 2.98. The summed E-state index contributed by atoms with van der Waals surface area (Å²) in [5.74, 6) is 1.03. The van der Waals surface area contributed by atoms with Gasteiger partial charge < -0.3 is 9.42 Å². The molecular formula is C21H22ClN3O2. The average molecular weight is 384 g/mol. The van der Waals surface area contributed by atoms with E-state index in [-0.39, 0.29) is 5.91 Å². The molecule has 0 aliphatic carbocycles. The summed E-state index contributed by atoms with van der Waals surface area (Å²) in [6.07, 6.45) is 1.72. The number of carbonyl (C=O) groups is 1. The molecule has 1 amide bonds. The number of hydrogen-bond acceptors (Lipinski definition) is 4. The van der Waals surface area contributed by atoms with E-state index in [1.54, 1.807) is 11.9 Å². The lowest BCUT2D eigenvalue weighted by molar-refractivity contribution is -0.130. The van der Waals surface area contributed by atoms with E-state index < -0.39 is 0 Å². The molecule has 0 saturated heterocycles. The van der Waals surface area contributed by atoms with E-state index in [1.807, 2.05) is 36.4 Å². The van der Waals surface area contributed by atoms with Gasteiger partial charge in [0.05, 0.1) is 0 Å². The second-order valence-corrected chi connectivity index (χ2v) is 6.88. The third kappa shape index (κ3) is 5.17. The van der Waals surface area contributed by atoms with E-state index in [0.717, 1.165) is 17.5 Å². The number of aryl methyl sites for hydroxylation is 2. The predicted molar refractivity (Wildman–Crippen MR) is 105 cm³/mol. The first-order valence-electron chi connectivity index (χ1n) is 8.95. The average Bonchev–Trinajstić information content (AvgIpc) is 3.15. The van der Waals surface area contributed by atoms with E-state index in [4.69, 9.17) is 16.1 Å². The van der Waals surface area contributed by atoms with Gasteiger partial charge in [-0.2, -0.15) is 4.98 Å². The maximum atomic E-state index is 12.4. The monoisotopic (exact) mass is 383 g/mol. The summed E-state index contributed by atoms with van der Waals surface area (Å²) in [6, 6.07) is 15.6. The van der Waals surface area contributed by atoms with Gasteiger partial charge in [-0.15, -0.1) is 0 Å². The van der Waals surface area contributed by atoms with Crippen molar-refractivity contribution in [3.63, 3.8) is 0 Å². The molecule has 140 valence electrons. The van der Waals surface area contributed by atoms with Crippen molar-refractivity contribution in [2.45, 2.75) is 32.7 Å². The van der Waals surface area contributed by atoms with E-state index in [9.17, 15) is 4.79 Å². The smallest absolute Gasteiger partial charge is 0.227 e. The third-order valence-electron chi connectivity index (χ3n) is 4.38. The first-order valence-corrected chi connectivity index (χ1v) is 9.33. The summed E-state index contributed by atoms with van der Waals surface area (Å²) in [7, 11) is 1.78. The molecule has 0 spiro atoms. The zero-order valence-corrected chi connectivity index (χ0v) is 16.2. The Labute approximate surface area is 164 Å². The second kappa shape index (κ2) is 8.82. The molecule has 0 fully saturated rings. The number of aromatic nitrogens is 2. The molecule has 5 nitrogen and oxygen atoms in total. The number of nitrogens with zero attached hydrogens (tertiary/aromatic N) is 3. The van der Waals surface area contributed by atoms with Crippen molar-refractivity contribution in [1.82, 2.24) is 15.0 Å². The van der Waals surface area contributed by atoms with Gasteiger partial charge in [0.1, 0.15) is 0 Å². The van der Waals surface area contributed by atoms with Crippen LogP contribution in [0.15, 0.2) is 53.1 Å². The highest BCUT2D eigenvalue weighted by atomic mass is 35.5. The summed E-state index contributed by atoms with van der Waals surface area (Å²) < 4.78 is 5.29. The van der Waals surface area contributed by atoms with E-state index in [0.29, 0.717) is 36.1 Å². The SMILES string of the molecule is CCc1ccc(-c2noc(CCC(=O)N(C)Cc3cccc(Cl)c3)n2)cc1. The molecule has 0 saturated carbocycles. The lowest BCUT2D eigenvalue weighted by Gasteiger charge is -2.17. The van der Waals surface area contributed by atoms with Crippen LogP contribution in [0.3, 0.4) is 0 Å². The fourth-order valence-electron chi connectivity index (χ4n) is 2.77. The molecule has 3 rings (SSSR count). The van der Waals surface area contributed by atoms with Gasteiger partial charge in [-0.1, -0.05) is 60.1 Å². The Kier molecular flexibility index (Phi) is 6.24. The van der Waals surface area contributed by atoms with Crippen LogP contribution in [0.25, 0.3) is 11.4 Å². The molecule has 6 heteroatoms. The second-order valence-electron chi connectivity index (χ2n) is 6.44. The number of amides is 1. The molecule has 0 N–H and O–H groups in total. The molecule has 0 atom stereocenters. The van der Waals surface area contributed by atoms with Gasteiger partial charge in [0.15, 0.2) is 0 Å². The molecule has 0 unspecified atom stereocenters. The maximum absolute atomic E-state index is 12.4. The molecule has 0 bridgehead atoms. The molecule has 0 aliphatic heterocycles. The predicted octanol–water partition coefficient (Wildman–Crippen LogP) is 4.54. The van der Waals surface area contributed by atoms with Crippen molar-refractivity contribution in [2.24, 2.45) is 0 Å². The quantitative estimate of drug-likeness (QED) is 0.600. The van der Waals surface area contributed by atoms with Gasteiger partial charge in [-0.25, -0.2) is 0 Å². The molecular weight excluding hydrogens is 362 g/mol. The van der Waals surface area contributed by atoms with Gasteiger partial charge in [0.25, 0.3) is 0 Å². The van der Waals surface area contributed by atoms with Crippen molar-refractivity contribution in [2.75, 3.05) is 7.05 Å². The highest BCUT2D eigenvalue weighted by Crippen LogP contribution is 2.18. The van der Waals surface area contributed by atoms with E-state index in [1.165, 1.54) is 5.56 Å². The van der Waals surface area contributed by atoms with Gasteiger partial charge in [-0.05, 0) is 29.7 Å². The molecule has 0 aliphatic rings. The van der Waals surface area contributed by atoms with Gasteiger partial charge in [-0.3, -0.25) is 4.79 Å². The van der Waals surface area contributed by atoms with Crippen LogP contribution in [0, 0.1) is 0 Å². The molecule has 27 heavy (non-hydrogen) atoms. The summed E-state index contributed by atoms with van der Waals surface area (Å²) in [5, 5.41) is 4.68. The van der Waals surface area contributed by atoms with E-state index in [2.05, 4.69) is 29.2 Å². The van der Waals surface area contributed by atoms with Gasteiger partial charge >= 0.3 is 0 Å². The molecule has 1 aromatic heterocycles. The van der Waals surface area contributed by atoms with Crippen LogP contribution < -0.4 is 0 Å². The number of benzene rings is 2. The van der Waals surface area contributed by atoms with Gasteiger partial charge in [0, 0.05) is 37.0 Å². The Morgan fingerprint density at radius 2 is 1.93 bits per heavy atom. The summed E-state index contributed by atoms with van der Waals surface area (Å²) in [5.41, 5.74) is 3.16. The Morgan fingerprint density at radius 3 is 2.63 bits per heavy atom. The Morgan fingerprint density at radius 1 is 1.15 bits per heavy atom. The number of rotatable bonds is 7. The Balaban J connectivity index is 1.55. The summed E-state index contributed by atoms with van der Waals surface area (Å²) in [6.45, 7) is 2.63. The van der Waals surface area contributed by atoms with Crippen molar-refractivity contribution >= 4 is 17.5 Å². The van der Waals surface area contributed by atoms with Crippen LogP contribution in [0.4, 0.5) is 0 Å². The van der Waals surface area contributed by atoms with Crippen molar-refractivity contribution < 1.29 is 9.32 Å². The minimum absolute atomic E-state index is 0.0158. The van der Waals surface area contributed by atoms with Crippen LogP contribution in [0.1, 0.15) is 30.4 Å². The van der Waals surface area contributed by atoms with Crippen LogP contribution in [-0.4, -0.2) is 28.0 Å². The minimum atomic E-state index is 0.0158. The van der Waals surface area contributed by atoms with Crippen LogP contribution in [-0.2, 0) is 24.2 Å². The summed E-state index contributed by atoms with van der Waals surface area (Å²) >= 11 is 5.99. The summed E-state index contributed by atoms with van der Waals surface area (Å²) in [4.78, 5) is 18.4. The largest absolute Gasteiger partial charge is 0.341 e. The lowest BCUT2D eigenvalue weighted by Crippen LogP contribution is -2.26. The highest BCUT2D eigenvalue weighted by Gasteiger charge is 2.14. The first kappa shape index (κ1) is 19.1. The normalized spacial score (nSPS) is 10.8.